The van der Waals surface area contributed by atoms with Crippen molar-refractivity contribution in [2.45, 2.75) is 30.4 Å². The predicted octanol–water partition coefficient (Wildman–Crippen LogP) is 2.31. The Balaban J connectivity index is 3.02. The largest absolute Gasteiger partial charge is 0.281 e. The molecule has 0 saturated carbocycles. The zero-order chi connectivity index (χ0) is 12.3. The van der Waals surface area contributed by atoms with Crippen LogP contribution < -0.4 is 0 Å². The van der Waals surface area contributed by atoms with Gasteiger partial charge in [-0.1, -0.05) is 17.7 Å². The third kappa shape index (κ3) is 3.06. The van der Waals surface area contributed by atoms with E-state index in [0.29, 0.717) is 0 Å². The summed E-state index contributed by atoms with van der Waals surface area (Å²) >= 11 is 5.19. The van der Waals surface area contributed by atoms with Gasteiger partial charge in [-0.2, -0.15) is 0 Å². The molecule has 16 heavy (non-hydrogen) atoms. The lowest BCUT2D eigenvalue weighted by Crippen LogP contribution is -2.20. The third-order valence-electron chi connectivity index (χ3n) is 2.33. The molecule has 0 N–H and O–H groups in total. The van der Waals surface area contributed by atoms with Crippen LogP contribution in [0.3, 0.4) is 0 Å². The molecule has 0 aliphatic heterocycles. The standard InChI is InChI=1S/C11H13ClO3S/c1-8-3-5-10(6-4-8)16(14,15)9(2)7-11(12)13/h3-6,9H,7H2,1-2H3. The van der Waals surface area contributed by atoms with E-state index in [1.165, 1.54) is 6.92 Å². The zero-order valence-corrected chi connectivity index (χ0v) is 10.7. The molecule has 3 nitrogen and oxygen atoms in total. The van der Waals surface area contributed by atoms with Gasteiger partial charge in [-0.3, -0.25) is 4.79 Å². The minimum absolute atomic E-state index is 0.169. The highest BCUT2D eigenvalue weighted by molar-refractivity contribution is 7.92. The normalized spacial score (nSPS) is 13.4. The number of hydrogen-bond acceptors (Lipinski definition) is 3. The van der Waals surface area contributed by atoms with Crippen LogP contribution in [0.5, 0.6) is 0 Å². The van der Waals surface area contributed by atoms with Crippen molar-refractivity contribution in [1.82, 2.24) is 0 Å². The highest BCUT2D eigenvalue weighted by Gasteiger charge is 2.24. The van der Waals surface area contributed by atoms with Crippen LogP contribution in [0.15, 0.2) is 29.2 Å². The molecule has 0 amide bonds. The fourth-order valence-corrected chi connectivity index (χ4v) is 2.97. The van der Waals surface area contributed by atoms with Crippen LogP contribution in [0.4, 0.5) is 0 Å². The summed E-state index contributed by atoms with van der Waals surface area (Å²) < 4.78 is 23.9. The second-order valence-electron chi connectivity index (χ2n) is 3.73. The van der Waals surface area contributed by atoms with E-state index in [9.17, 15) is 13.2 Å². The fraction of sp³-hybridized carbons (Fsp3) is 0.364. The molecule has 1 atom stereocenters. The molecule has 0 fully saturated rings. The van der Waals surface area contributed by atoms with Crippen molar-refractivity contribution in [3.8, 4) is 0 Å². The van der Waals surface area contributed by atoms with Crippen molar-refractivity contribution in [2.75, 3.05) is 0 Å². The molecule has 1 aromatic rings. The Labute approximate surface area is 100 Å². The molecule has 0 heterocycles. The molecule has 1 aromatic carbocycles. The number of aryl methyl sites for hydroxylation is 1. The van der Waals surface area contributed by atoms with Crippen LogP contribution in [-0.4, -0.2) is 18.9 Å². The first-order valence-corrected chi connectivity index (χ1v) is 6.75. The van der Waals surface area contributed by atoms with E-state index < -0.39 is 20.3 Å². The molecule has 5 heteroatoms. The monoisotopic (exact) mass is 260 g/mol. The van der Waals surface area contributed by atoms with Gasteiger partial charge in [0, 0.05) is 6.42 Å². The molecular formula is C11H13ClO3S. The lowest BCUT2D eigenvalue weighted by atomic mass is 10.2. The van der Waals surface area contributed by atoms with Gasteiger partial charge in [-0.05, 0) is 37.6 Å². The molecular weight excluding hydrogens is 248 g/mol. The summed E-state index contributed by atoms with van der Waals surface area (Å²) in [5.74, 6) is 0. The van der Waals surface area contributed by atoms with Gasteiger partial charge in [0.25, 0.3) is 0 Å². The molecule has 0 aliphatic rings. The molecule has 88 valence electrons. The van der Waals surface area contributed by atoms with Gasteiger partial charge >= 0.3 is 0 Å². The number of carbonyl (C=O) groups excluding carboxylic acids is 1. The van der Waals surface area contributed by atoms with Crippen molar-refractivity contribution in [3.63, 3.8) is 0 Å². The average Bonchev–Trinajstić information content (AvgIpc) is 2.17. The minimum Gasteiger partial charge on any atom is -0.281 e. The van der Waals surface area contributed by atoms with Crippen molar-refractivity contribution >= 4 is 26.7 Å². The van der Waals surface area contributed by atoms with Crippen LogP contribution in [0.1, 0.15) is 18.9 Å². The van der Waals surface area contributed by atoms with E-state index in [1.54, 1.807) is 24.3 Å². The summed E-state index contributed by atoms with van der Waals surface area (Å²) in [7, 11) is -3.46. The van der Waals surface area contributed by atoms with Crippen LogP contribution >= 0.6 is 11.6 Å². The first-order chi connectivity index (χ1) is 7.34. The second kappa shape index (κ2) is 4.97. The highest BCUT2D eigenvalue weighted by atomic mass is 35.5. The summed E-state index contributed by atoms with van der Waals surface area (Å²) in [4.78, 5) is 10.9. The van der Waals surface area contributed by atoms with Crippen LogP contribution in [0, 0.1) is 6.92 Å². The number of sulfone groups is 1. The smallest absolute Gasteiger partial charge is 0.222 e. The van der Waals surface area contributed by atoms with E-state index in [2.05, 4.69) is 0 Å². The predicted molar refractivity (Wildman–Crippen MR) is 63.3 cm³/mol. The molecule has 0 bridgehead atoms. The highest BCUT2D eigenvalue weighted by Crippen LogP contribution is 2.19. The van der Waals surface area contributed by atoms with E-state index in [0.717, 1.165) is 5.56 Å². The Bertz CT molecular complexity index is 476. The molecule has 0 radical (unpaired) electrons. The number of benzene rings is 1. The Morgan fingerprint density at radius 1 is 1.31 bits per heavy atom. The van der Waals surface area contributed by atoms with E-state index >= 15 is 0 Å². The number of rotatable bonds is 4. The lowest BCUT2D eigenvalue weighted by molar-refractivity contribution is -0.111. The molecule has 1 unspecified atom stereocenters. The zero-order valence-electron chi connectivity index (χ0n) is 9.10. The van der Waals surface area contributed by atoms with Gasteiger partial charge in [-0.25, -0.2) is 8.42 Å². The lowest BCUT2D eigenvalue weighted by Gasteiger charge is -2.10. The average molecular weight is 261 g/mol. The third-order valence-corrected chi connectivity index (χ3v) is 4.64. The summed E-state index contributed by atoms with van der Waals surface area (Å²) in [5.41, 5.74) is 0.986. The van der Waals surface area contributed by atoms with E-state index in [4.69, 9.17) is 11.6 Å². The maximum atomic E-state index is 12.0. The second-order valence-corrected chi connectivity index (χ2v) is 6.52. The number of hydrogen-bond donors (Lipinski definition) is 0. The molecule has 0 saturated heterocycles. The maximum Gasteiger partial charge on any atom is 0.222 e. The van der Waals surface area contributed by atoms with Crippen LogP contribution in [-0.2, 0) is 14.6 Å². The Morgan fingerprint density at radius 3 is 2.25 bits per heavy atom. The van der Waals surface area contributed by atoms with Crippen molar-refractivity contribution < 1.29 is 13.2 Å². The minimum atomic E-state index is -3.46. The van der Waals surface area contributed by atoms with Gasteiger partial charge in [0.1, 0.15) is 0 Å². The quantitative estimate of drug-likeness (QED) is 0.781. The van der Waals surface area contributed by atoms with Crippen LogP contribution in [0.25, 0.3) is 0 Å². The first kappa shape index (κ1) is 13.2. The number of halogens is 1. The molecule has 0 spiro atoms. The van der Waals surface area contributed by atoms with Crippen molar-refractivity contribution in [3.05, 3.63) is 29.8 Å². The Hall–Kier alpha value is -0.870. The van der Waals surface area contributed by atoms with E-state index in [1.807, 2.05) is 6.92 Å². The van der Waals surface area contributed by atoms with Gasteiger partial charge in [0.2, 0.25) is 5.24 Å². The Morgan fingerprint density at radius 2 is 1.81 bits per heavy atom. The van der Waals surface area contributed by atoms with E-state index in [-0.39, 0.29) is 11.3 Å². The Kier molecular flexibility index (Phi) is 4.10. The van der Waals surface area contributed by atoms with Crippen molar-refractivity contribution in [2.24, 2.45) is 0 Å². The van der Waals surface area contributed by atoms with Gasteiger partial charge < -0.3 is 0 Å². The van der Waals surface area contributed by atoms with Gasteiger partial charge in [0.05, 0.1) is 10.1 Å². The molecule has 1 rings (SSSR count). The first-order valence-electron chi connectivity index (χ1n) is 4.83. The summed E-state index contributed by atoms with van der Waals surface area (Å²) in [5, 5.41) is -1.43. The fourth-order valence-electron chi connectivity index (χ4n) is 1.30. The SMILES string of the molecule is Cc1ccc(S(=O)(=O)C(C)CC(=O)Cl)cc1. The summed E-state index contributed by atoms with van der Waals surface area (Å²) in [6, 6.07) is 6.53. The van der Waals surface area contributed by atoms with Crippen LogP contribution in [0.2, 0.25) is 0 Å². The molecule has 0 aliphatic carbocycles. The topological polar surface area (TPSA) is 51.2 Å². The molecule has 0 aromatic heterocycles. The number of carbonyl (C=O) groups is 1. The summed E-state index contributed by atoms with van der Waals surface area (Å²) in [6.45, 7) is 3.36. The van der Waals surface area contributed by atoms with Crippen molar-refractivity contribution in [1.29, 1.82) is 0 Å². The van der Waals surface area contributed by atoms with Gasteiger partial charge in [0.15, 0.2) is 9.84 Å². The summed E-state index contributed by atoms with van der Waals surface area (Å²) in [6.07, 6.45) is -0.169. The van der Waals surface area contributed by atoms with Gasteiger partial charge in [-0.15, -0.1) is 0 Å². The maximum absolute atomic E-state index is 12.0.